The molecule has 0 heterocycles. The standard InChI is InChI=1S/C13H18N2S/c1-8-3-6-12(11(7-8)13(14)16)15-9(2)10-4-5-10/h3,6-7,9-10,15H,4-5H2,1-2H3,(H2,14,16). The summed E-state index contributed by atoms with van der Waals surface area (Å²) in [4.78, 5) is 0.467. The summed E-state index contributed by atoms with van der Waals surface area (Å²) in [5.41, 5.74) is 8.96. The normalized spacial score (nSPS) is 16.9. The second kappa shape index (κ2) is 4.42. The maximum atomic E-state index is 5.74. The van der Waals surface area contributed by atoms with Crippen molar-refractivity contribution in [2.45, 2.75) is 32.7 Å². The molecular formula is C13H18N2S. The van der Waals surface area contributed by atoms with E-state index in [1.807, 2.05) is 6.07 Å². The number of nitrogens with one attached hydrogen (secondary N) is 1. The van der Waals surface area contributed by atoms with E-state index >= 15 is 0 Å². The molecule has 1 aliphatic carbocycles. The second-order valence-electron chi connectivity index (χ2n) is 4.68. The fourth-order valence-electron chi connectivity index (χ4n) is 1.95. The summed E-state index contributed by atoms with van der Waals surface area (Å²) in [6.07, 6.45) is 2.67. The van der Waals surface area contributed by atoms with Crippen LogP contribution in [-0.2, 0) is 0 Å². The Morgan fingerprint density at radius 2 is 2.19 bits per heavy atom. The Labute approximate surface area is 102 Å². The zero-order valence-electron chi connectivity index (χ0n) is 9.79. The van der Waals surface area contributed by atoms with Crippen molar-refractivity contribution in [2.24, 2.45) is 11.7 Å². The van der Waals surface area contributed by atoms with Gasteiger partial charge in [-0.05, 0) is 44.7 Å². The molecule has 1 atom stereocenters. The molecule has 2 nitrogen and oxygen atoms in total. The van der Waals surface area contributed by atoms with Crippen LogP contribution >= 0.6 is 12.2 Å². The number of hydrogen-bond donors (Lipinski definition) is 2. The Balaban J connectivity index is 2.21. The summed E-state index contributed by atoms with van der Waals surface area (Å²) < 4.78 is 0. The van der Waals surface area contributed by atoms with E-state index in [-0.39, 0.29) is 0 Å². The van der Waals surface area contributed by atoms with Gasteiger partial charge in [0.05, 0.1) is 0 Å². The molecule has 3 heteroatoms. The lowest BCUT2D eigenvalue weighted by atomic mass is 10.1. The van der Waals surface area contributed by atoms with Crippen molar-refractivity contribution in [1.82, 2.24) is 0 Å². The maximum absolute atomic E-state index is 5.74. The largest absolute Gasteiger partial charge is 0.389 e. The molecule has 0 aliphatic heterocycles. The van der Waals surface area contributed by atoms with Crippen molar-refractivity contribution in [3.8, 4) is 0 Å². The van der Waals surface area contributed by atoms with Gasteiger partial charge < -0.3 is 11.1 Å². The monoisotopic (exact) mass is 234 g/mol. The highest BCUT2D eigenvalue weighted by Gasteiger charge is 2.28. The SMILES string of the molecule is Cc1ccc(NC(C)C2CC2)c(C(N)=S)c1. The first-order chi connectivity index (χ1) is 7.58. The van der Waals surface area contributed by atoms with Crippen LogP contribution in [-0.4, -0.2) is 11.0 Å². The minimum Gasteiger partial charge on any atom is -0.389 e. The van der Waals surface area contributed by atoms with E-state index in [9.17, 15) is 0 Å². The molecule has 0 saturated heterocycles. The number of aryl methyl sites for hydroxylation is 1. The molecular weight excluding hydrogens is 216 g/mol. The minimum atomic E-state index is 0.467. The molecule has 2 rings (SSSR count). The average Bonchev–Trinajstić information content (AvgIpc) is 3.03. The molecule has 0 aromatic heterocycles. The summed E-state index contributed by atoms with van der Waals surface area (Å²) in [7, 11) is 0. The van der Waals surface area contributed by atoms with Crippen molar-refractivity contribution in [3.63, 3.8) is 0 Å². The molecule has 1 aliphatic rings. The summed E-state index contributed by atoms with van der Waals surface area (Å²) in [5.74, 6) is 0.820. The highest BCUT2D eigenvalue weighted by atomic mass is 32.1. The first-order valence-corrected chi connectivity index (χ1v) is 6.15. The Morgan fingerprint density at radius 1 is 1.50 bits per heavy atom. The smallest absolute Gasteiger partial charge is 0.106 e. The molecule has 86 valence electrons. The molecule has 0 radical (unpaired) electrons. The van der Waals surface area contributed by atoms with Gasteiger partial charge in [0.15, 0.2) is 0 Å². The van der Waals surface area contributed by atoms with Crippen molar-refractivity contribution >= 4 is 22.9 Å². The Bertz CT molecular complexity index is 410. The van der Waals surface area contributed by atoms with Gasteiger partial charge in [0, 0.05) is 17.3 Å². The van der Waals surface area contributed by atoms with E-state index < -0.39 is 0 Å². The van der Waals surface area contributed by atoms with Gasteiger partial charge in [0.25, 0.3) is 0 Å². The Hall–Kier alpha value is -1.09. The van der Waals surface area contributed by atoms with Crippen molar-refractivity contribution in [1.29, 1.82) is 0 Å². The van der Waals surface area contributed by atoms with Crippen LogP contribution in [0.5, 0.6) is 0 Å². The zero-order chi connectivity index (χ0) is 11.7. The second-order valence-corrected chi connectivity index (χ2v) is 5.12. The summed E-state index contributed by atoms with van der Waals surface area (Å²) in [5, 5.41) is 3.51. The van der Waals surface area contributed by atoms with E-state index in [4.69, 9.17) is 18.0 Å². The fraction of sp³-hybridized carbons (Fsp3) is 0.462. The number of nitrogens with two attached hydrogens (primary N) is 1. The topological polar surface area (TPSA) is 38.0 Å². The van der Waals surface area contributed by atoms with E-state index in [0.29, 0.717) is 11.0 Å². The fourth-order valence-corrected chi connectivity index (χ4v) is 2.12. The summed E-state index contributed by atoms with van der Waals surface area (Å²) in [6, 6.07) is 6.72. The van der Waals surface area contributed by atoms with E-state index in [1.54, 1.807) is 0 Å². The maximum Gasteiger partial charge on any atom is 0.106 e. The van der Waals surface area contributed by atoms with E-state index in [0.717, 1.165) is 17.2 Å². The number of anilines is 1. The highest BCUT2D eigenvalue weighted by molar-refractivity contribution is 7.80. The molecule has 0 bridgehead atoms. The molecule has 1 aromatic rings. The van der Waals surface area contributed by atoms with E-state index in [1.165, 1.54) is 18.4 Å². The molecule has 1 fully saturated rings. The molecule has 1 saturated carbocycles. The number of rotatable bonds is 4. The Kier molecular flexibility index (Phi) is 3.15. The number of thiocarbonyl (C=S) groups is 1. The van der Waals surface area contributed by atoms with Gasteiger partial charge >= 0.3 is 0 Å². The van der Waals surface area contributed by atoms with Gasteiger partial charge in [0.2, 0.25) is 0 Å². The predicted molar refractivity (Wildman–Crippen MR) is 72.9 cm³/mol. The molecule has 1 unspecified atom stereocenters. The molecule has 16 heavy (non-hydrogen) atoms. The van der Waals surface area contributed by atoms with Gasteiger partial charge in [0.1, 0.15) is 4.99 Å². The highest BCUT2D eigenvalue weighted by Crippen LogP contribution is 2.34. The average molecular weight is 234 g/mol. The van der Waals surface area contributed by atoms with Crippen molar-refractivity contribution in [2.75, 3.05) is 5.32 Å². The first-order valence-electron chi connectivity index (χ1n) is 5.75. The summed E-state index contributed by atoms with van der Waals surface area (Å²) >= 11 is 5.08. The van der Waals surface area contributed by atoms with Crippen LogP contribution in [0.2, 0.25) is 0 Å². The number of benzene rings is 1. The number of hydrogen-bond acceptors (Lipinski definition) is 2. The predicted octanol–water partition coefficient (Wildman–Crippen LogP) is 2.84. The lowest BCUT2D eigenvalue weighted by Crippen LogP contribution is -2.21. The van der Waals surface area contributed by atoms with Crippen LogP contribution < -0.4 is 11.1 Å². The molecule has 0 amide bonds. The van der Waals surface area contributed by atoms with Crippen molar-refractivity contribution in [3.05, 3.63) is 29.3 Å². The third-order valence-corrected chi connectivity index (χ3v) is 3.37. The molecule has 3 N–H and O–H groups in total. The first kappa shape index (κ1) is 11.4. The Morgan fingerprint density at radius 3 is 2.75 bits per heavy atom. The lowest BCUT2D eigenvalue weighted by molar-refractivity contribution is 0.694. The molecule has 0 spiro atoms. The zero-order valence-corrected chi connectivity index (χ0v) is 10.6. The summed E-state index contributed by atoms with van der Waals surface area (Å²) in [6.45, 7) is 4.27. The third kappa shape index (κ3) is 2.53. The van der Waals surface area contributed by atoms with E-state index in [2.05, 4.69) is 31.3 Å². The van der Waals surface area contributed by atoms with Crippen LogP contribution in [0.3, 0.4) is 0 Å². The van der Waals surface area contributed by atoms with Crippen LogP contribution in [0, 0.1) is 12.8 Å². The van der Waals surface area contributed by atoms with Gasteiger partial charge in [-0.3, -0.25) is 0 Å². The van der Waals surface area contributed by atoms with Gasteiger partial charge in [-0.1, -0.05) is 23.8 Å². The lowest BCUT2D eigenvalue weighted by Gasteiger charge is -2.17. The van der Waals surface area contributed by atoms with Crippen LogP contribution in [0.25, 0.3) is 0 Å². The van der Waals surface area contributed by atoms with Crippen molar-refractivity contribution < 1.29 is 0 Å². The molecule has 1 aromatic carbocycles. The van der Waals surface area contributed by atoms with Crippen LogP contribution in [0.1, 0.15) is 30.9 Å². The van der Waals surface area contributed by atoms with Crippen LogP contribution in [0.4, 0.5) is 5.69 Å². The minimum absolute atomic E-state index is 0.467. The third-order valence-electron chi connectivity index (χ3n) is 3.15. The van der Waals surface area contributed by atoms with Gasteiger partial charge in [-0.2, -0.15) is 0 Å². The quantitative estimate of drug-likeness (QED) is 0.787. The van der Waals surface area contributed by atoms with Gasteiger partial charge in [-0.15, -0.1) is 0 Å². The van der Waals surface area contributed by atoms with Crippen LogP contribution in [0.15, 0.2) is 18.2 Å². The van der Waals surface area contributed by atoms with Gasteiger partial charge in [-0.25, -0.2) is 0 Å².